The fraction of sp³-hybridized carbons (Fsp3) is 0.692. The zero-order chi connectivity index (χ0) is 23.1. The molecule has 3 fully saturated rings. The van der Waals surface area contributed by atoms with E-state index < -0.39 is 20.2 Å². The molecule has 5 nitrogen and oxygen atoms in total. The fourth-order valence-corrected chi connectivity index (χ4v) is 6.24. The average Bonchev–Trinajstić information content (AvgIpc) is 3.31. The van der Waals surface area contributed by atoms with Gasteiger partial charge >= 0.3 is 0 Å². The van der Waals surface area contributed by atoms with Crippen LogP contribution < -0.4 is 4.74 Å². The molecule has 0 radical (unpaired) electrons. The van der Waals surface area contributed by atoms with Crippen molar-refractivity contribution in [1.29, 1.82) is 0 Å². The molecule has 1 N–H and O–H groups in total. The van der Waals surface area contributed by atoms with Crippen LogP contribution in [0.5, 0.6) is 5.75 Å². The minimum Gasteiger partial charge on any atom is -0.497 e. The molecule has 5 atom stereocenters. The third kappa shape index (κ3) is 4.51. The molecule has 0 aromatic heterocycles. The van der Waals surface area contributed by atoms with Gasteiger partial charge in [0.15, 0.2) is 14.1 Å². The Bertz CT molecular complexity index is 857. The fourth-order valence-electron chi connectivity index (χ4n) is 5.04. The van der Waals surface area contributed by atoms with Crippen molar-refractivity contribution in [2.45, 2.75) is 76.2 Å². The van der Waals surface area contributed by atoms with Crippen molar-refractivity contribution in [3.05, 3.63) is 29.8 Å². The van der Waals surface area contributed by atoms with Crippen molar-refractivity contribution in [1.82, 2.24) is 0 Å². The summed E-state index contributed by atoms with van der Waals surface area (Å²) in [5.74, 6) is 7.83. The van der Waals surface area contributed by atoms with Crippen molar-refractivity contribution in [2.24, 2.45) is 17.8 Å². The maximum Gasteiger partial charge on any atom is 0.193 e. The predicted octanol–water partition coefficient (Wildman–Crippen LogP) is 4.39. The van der Waals surface area contributed by atoms with Crippen LogP contribution in [0.2, 0.25) is 18.1 Å². The molecule has 1 aromatic carbocycles. The molecular formula is C26H38O5Si. The molecule has 0 amide bonds. The van der Waals surface area contributed by atoms with E-state index in [0.29, 0.717) is 25.6 Å². The lowest BCUT2D eigenvalue weighted by Crippen LogP contribution is -2.53. The van der Waals surface area contributed by atoms with Gasteiger partial charge < -0.3 is 23.7 Å². The highest BCUT2D eigenvalue weighted by atomic mass is 28.4. The van der Waals surface area contributed by atoms with Gasteiger partial charge in [-0.05, 0) is 48.2 Å². The van der Waals surface area contributed by atoms with Crippen molar-refractivity contribution in [3.8, 4) is 17.6 Å². The lowest BCUT2D eigenvalue weighted by molar-refractivity contribution is -0.270. The van der Waals surface area contributed by atoms with E-state index in [9.17, 15) is 5.11 Å². The SMILES string of the molecule is COc1ccc(CC(C#CC2C(O)CC3C2CC32OCCO2)O[Si](C)(C)C(C)(C)C)cc1. The Kier molecular flexibility index (Phi) is 6.52. The third-order valence-electron chi connectivity index (χ3n) is 7.98. The van der Waals surface area contributed by atoms with E-state index in [4.69, 9.17) is 18.6 Å². The van der Waals surface area contributed by atoms with Gasteiger partial charge in [0.2, 0.25) is 0 Å². The smallest absolute Gasteiger partial charge is 0.193 e. The highest BCUT2D eigenvalue weighted by molar-refractivity contribution is 6.74. The highest BCUT2D eigenvalue weighted by Gasteiger charge is 2.64. The van der Waals surface area contributed by atoms with E-state index in [1.807, 2.05) is 12.1 Å². The molecule has 1 aliphatic heterocycles. The number of benzene rings is 1. The van der Waals surface area contributed by atoms with Crippen LogP contribution in [-0.2, 0) is 20.3 Å². The summed E-state index contributed by atoms with van der Waals surface area (Å²) < 4.78 is 23.8. The van der Waals surface area contributed by atoms with Gasteiger partial charge in [0.25, 0.3) is 0 Å². The summed E-state index contributed by atoms with van der Waals surface area (Å²) in [5, 5.41) is 10.9. The first-order valence-corrected chi connectivity index (χ1v) is 14.7. The van der Waals surface area contributed by atoms with Crippen molar-refractivity contribution in [2.75, 3.05) is 20.3 Å². The number of hydrogen-bond donors (Lipinski definition) is 1. The van der Waals surface area contributed by atoms with Gasteiger partial charge in [-0.25, -0.2) is 0 Å². The Morgan fingerprint density at radius 1 is 1.19 bits per heavy atom. The first-order valence-electron chi connectivity index (χ1n) is 11.8. The maximum atomic E-state index is 10.8. The summed E-state index contributed by atoms with van der Waals surface area (Å²) in [6.45, 7) is 12.6. The Morgan fingerprint density at radius 2 is 1.84 bits per heavy atom. The second-order valence-electron chi connectivity index (χ2n) is 11.0. The number of hydrogen-bond acceptors (Lipinski definition) is 5. The first-order chi connectivity index (χ1) is 15.0. The van der Waals surface area contributed by atoms with Gasteiger partial charge in [0, 0.05) is 24.7 Å². The molecule has 2 aliphatic carbocycles. The average molecular weight is 459 g/mol. The second-order valence-corrected chi connectivity index (χ2v) is 15.8. The van der Waals surface area contributed by atoms with E-state index in [1.54, 1.807) is 7.11 Å². The van der Waals surface area contributed by atoms with Crippen molar-refractivity contribution < 1.29 is 23.7 Å². The van der Waals surface area contributed by atoms with E-state index in [-0.39, 0.29) is 23.0 Å². The summed E-state index contributed by atoms with van der Waals surface area (Å²) in [7, 11) is -0.329. The lowest BCUT2D eigenvalue weighted by Gasteiger charge is -2.48. The van der Waals surface area contributed by atoms with Crippen LogP contribution in [0.25, 0.3) is 0 Å². The van der Waals surface area contributed by atoms with Crippen LogP contribution in [0, 0.1) is 29.6 Å². The molecule has 4 rings (SSSR count). The van der Waals surface area contributed by atoms with Gasteiger partial charge in [-0.15, -0.1) is 0 Å². The van der Waals surface area contributed by atoms with Crippen LogP contribution in [0.4, 0.5) is 0 Å². The molecule has 1 heterocycles. The molecule has 32 heavy (non-hydrogen) atoms. The zero-order valence-corrected chi connectivity index (χ0v) is 21.3. The Hall–Kier alpha value is -1.36. The molecule has 0 bridgehead atoms. The van der Waals surface area contributed by atoms with Crippen LogP contribution in [0.3, 0.4) is 0 Å². The molecular weight excluding hydrogens is 420 g/mol. The summed E-state index contributed by atoms with van der Waals surface area (Å²) >= 11 is 0. The molecule has 1 aromatic rings. The number of aliphatic hydroxyl groups excluding tert-OH is 1. The van der Waals surface area contributed by atoms with Crippen LogP contribution in [0.15, 0.2) is 24.3 Å². The Balaban J connectivity index is 1.52. The molecule has 5 unspecified atom stereocenters. The molecule has 176 valence electrons. The van der Waals surface area contributed by atoms with E-state index >= 15 is 0 Å². The highest BCUT2D eigenvalue weighted by Crippen LogP contribution is 2.59. The topological polar surface area (TPSA) is 57.2 Å². The van der Waals surface area contributed by atoms with Gasteiger partial charge in [0.1, 0.15) is 11.9 Å². The van der Waals surface area contributed by atoms with Gasteiger partial charge in [-0.1, -0.05) is 44.7 Å². The number of ether oxygens (including phenoxy) is 3. The van der Waals surface area contributed by atoms with Gasteiger partial charge in [-0.3, -0.25) is 0 Å². The van der Waals surface area contributed by atoms with E-state index in [2.05, 4.69) is 57.8 Å². The monoisotopic (exact) mass is 458 g/mol. The Labute approximate surface area is 193 Å². The minimum atomic E-state index is -2.01. The number of aliphatic hydroxyl groups is 1. The minimum absolute atomic E-state index is 0.0418. The summed E-state index contributed by atoms with van der Waals surface area (Å²) in [6.07, 6.45) is 1.62. The predicted molar refractivity (Wildman–Crippen MR) is 127 cm³/mol. The van der Waals surface area contributed by atoms with Gasteiger partial charge in [0.05, 0.1) is 26.4 Å². The lowest BCUT2D eigenvalue weighted by atomic mass is 9.67. The first kappa shape index (κ1) is 23.8. The normalized spacial score (nSPS) is 29.7. The molecule has 6 heteroatoms. The standard InChI is InChI=1S/C26H38O5Si/c1-25(2,3)32(5,6)31-20(15-18-7-9-19(28-4)10-8-18)11-12-21-22-17-26(29-13-14-30-26)23(22)16-24(21)27/h7-10,20-24,27H,13-17H2,1-6H3. The maximum absolute atomic E-state index is 10.8. The van der Waals surface area contributed by atoms with E-state index in [1.165, 1.54) is 5.56 Å². The number of methoxy groups -OCH3 is 1. The number of rotatable bonds is 5. The molecule has 3 aliphatic rings. The summed E-state index contributed by atoms with van der Waals surface area (Å²) in [5.41, 5.74) is 1.17. The zero-order valence-electron chi connectivity index (χ0n) is 20.3. The summed E-state index contributed by atoms with van der Waals surface area (Å²) in [4.78, 5) is 0. The largest absolute Gasteiger partial charge is 0.497 e. The number of fused-ring (bicyclic) bond motifs is 2. The summed E-state index contributed by atoms with van der Waals surface area (Å²) in [6, 6.07) is 8.11. The second kappa shape index (κ2) is 8.77. The van der Waals surface area contributed by atoms with Crippen LogP contribution in [0.1, 0.15) is 39.2 Å². The quantitative estimate of drug-likeness (QED) is 0.524. The van der Waals surface area contributed by atoms with Crippen LogP contribution in [-0.4, -0.2) is 51.7 Å². The molecule has 1 saturated heterocycles. The Morgan fingerprint density at radius 3 is 2.44 bits per heavy atom. The third-order valence-corrected chi connectivity index (χ3v) is 12.5. The van der Waals surface area contributed by atoms with Crippen molar-refractivity contribution in [3.63, 3.8) is 0 Å². The molecule has 2 saturated carbocycles. The van der Waals surface area contributed by atoms with Gasteiger partial charge in [-0.2, -0.15) is 0 Å². The molecule has 1 spiro atoms. The van der Waals surface area contributed by atoms with Crippen LogP contribution >= 0.6 is 0 Å². The van der Waals surface area contributed by atoms with E-state index in [0.717, 1.165) is 18.6 Å². The van der Waals surface area contributed by atoms with Crippen molar-refractivity contribution >= 4 is 8.32 Å².